The quantitative estimate of drug-likeness (QED) is 0.211. The second kappa shape index (κ2) is 14.3. The van der Waals surface area contributed by atoms with Crippen molar-refractivity contribution in [3.8, 4) is 11.5 Å². The van der Waals surface area contributed by atoms with E-state index in [-0.39, 0.29) is 12.6 Å². The topological polar surface area (TPSA) is 127 Å². The Bertz CT molecular complexity index is 859. The summed E-state index contributed by atoms with van der Waals surface area (Å²) in [7, 11) is 0. The van der Waals surface area contributed by atoms with Crippen LogP contribution in [-0.2, 0) is 4.74 Å². The van der Waals surface area contributed by atoms with Crippen LogP contribution in [0.15, 0.2) is 48.5 Å². The normalized spacial score (nSPS) is 14.5. The third kappa shape index (κ3) is 9.86. The Balaban J connectivity index is 1.20. The minimum atomic E-state index is -0.676. The molecule has 186 valence electrons. The molecular formula is C25H36N4O5. The van der Waals surface area contributed by atoms with Gasteiger partial charge in [-0.25, -0.2) is 4.79 Å². The maximum absolute atomic E-state index is 11.9. The molecule has 1 saturated carbocycles. The maximum Gasteiger partial charge on any atom is 0.319 e. The summed E-state index contributed by atoms with van der Waals surface area (Å²) >= 11 is 0. The molecule has 2 aromatic carbocycles. The number of nitrogens with one attached hydrogen (secondary N) is 3. The number of nitrogens with two attached hydrogens (primary N) is 1. The number of carbonyl (C=O) groups excluding carboxylic acids is 1. The number of hydrogen-bond acceptors (Lipinski definition) is 7. The smallest absolute Gasteiger partial charge is 0.319 e. The summed E-state index contributed by atoms with van der Waals surface area (Å²) in [5.41, 5.74) is 6.90. The van der Waals surface area contributed by atoms with Crippen LogP contribution in [0.3, 0.4) is 0 Å². The molecule has 1 atom stereocenters. The Morgan fingerprint density at radius 3 is 2.50 bits per heavy atom. The monoisotopic (exact) mass is 472 g/mol. The first-order valence-electron chi connectivity index (χ1n) is 11.8. The maximum atomic E-state index is 11.9. The van der Waals surface area contributed by atoms with E-state index in [0.717, 1.165) is 18.6 Å². The Kier molecular flexibility index (Phi) is 10.8. The van der Waals surface area contributed by atoms with Crippen LogP contribution >= 0.6 is 0 Å². The lowest BCUT2D eigenvalue weighted by molar-refractivity contribution is 0.0382. The molecule has 0 saturated heterocycles. The van der Waals surface area contributed by atoms with Gasteiger partial charge < -0.3 is 41.0 Å². The van der Waals surface area contributed by atoms with Crippen LogP contribution in [0.4, 0.5) is 16.2 Å². The number of nitrogen functional groups attached to an aromatic ring is 1. The summed E-state index contributed by atoms with van der Waals surface area (Å²) in [6, 6.07) is 14.0. The Hall–Kier alpha value is -3.01. The molecule has 0 spiro atoms. The first-order chi connectivity index (χ1) is 16.6. The largest absolute Gasteiger partial charge is 0.491 e. The first kappa shape index (κ1) is 25.6. The number of aliphatic hydroxyl groups excluding tert-OH is 1. The van der Waals surface area contributed by atoms with E-state index in [1.165, 1.54) is 12.8 Å². The molecule has 0 radical (unpaired) electrons. The second-order valence-corrected chi connectivity index (χ2v) is 8.27. The molecule has 2 amide bonds. The van der Waals surface area contributed by atoms with Crippen LogP contribution in [-0.4, -0.2) is 62.8 Å². The van der Waals surface area contributed by atoms with Crippen molar-refractivity contribution in [1.82, 2.24) is 10.6 Å². The fourth-order valence-corrected chi connectivity index (χ4v) is 3.64. The van der Waals surface area contributed by atoms with Gasteiger partial charge in [0.1, 0.15) is 30.8 Å². The van der Waals surface area contributed by atoms with Gasteiger partial charge in [0.2, 0.25) is 0 Å². The van der Waals surface area contributed by atoms with Crippen molar-refractivity contribution < 1.29 is 24.1 Å². The van der Waals surface area contributed by atoms with Gasteiger partial charge in [0.05, 0.1) is 12.7 Å². The zero-order chi connectivity index (χ0) is 24.0. The average molecular weight is 473 g/mol. The van der Waals surface area contributed by atoms with E-state index in [4.69, 9.17) is 19.9 Å². The van der Waals surface area contributed by atoms with Crippen LogP contribution in [0.25, 0.3) is 0 Å². The molecule has 1 fully saturated rings. The van der Waals surface area contributed by atoms with Crippen molar-refractivity contribution in [3.05, 3.63) is 48.5 Å². The van der Waals surface area contributed by atoms with Gasteiger partial charge in [-0.1, -0.05) is 18.9 Å². The van der Waals surface area contributed by atoms with Gasteiger partial charge in [0.25, 0.3) is 0 Å². The minimum absolute atomic E-state index is 0.159. The number of anilines is 2. The van der Waals surface area contributed by atoms with Gasteiger partial charge in [-0.05, 0) is 55.3 Å². The predicted octanol–water partition coefficient (Wildman–Crippen LogP) is 2.76. The lowest BCUT2D eigenvalue weighted by atomic mass is 10.3. The van der Waals surface area contributed by atoms with Crippen molar-refractivity contribution in [3.63, 3.8) is 0 Å². The van der Waals surface area contributed by atoms with E-state index in [2.05, 4.69) is 16.0 Å². The van der Waals surface area contributed by atoms with Crippen molar-refractivity contribution in [1.29, 1.82) is 0 Å². The van der Waals surface area contributed by atoms with Crippen LogP contribution in [0.1, 0.15) is 25.7 Å². The Labute approximate surface area is 201 Å². The molecule has 6 N–H and O–H groups in total. The lowest BCUT2D eigenvalue weighted by Crippen LogP contribution is -2.38. The Morgan fingerprint density at radius 2 is 1.76 bits per heavy atom. The molecule has 9 nitrogen and oxygen atoms in total. The van der Waals surface area contributed by atoms with Crippen molar-refractivity contribution in [2.45, 2.75) is 37.9 Å². The molecule has 0 aliphatic heterocycles. The molecule has 9 heteroatoms. The molecule has 0 bridgehead atoms. The van der Waals surface area contributed by atoms with Crippen LogP contribution < -0.4 is 31.2 Å². The highest BCUT2D eigenvalue weighted by molar-refractivity contribution is 5.89. The second-order valence-electron chi connectivity index (χ2n) is 8.27. The fraction of sp³-hybridized carbons (Fsp3) is 0.480. The molecule has 3 rings (SSSR count). The average Bonchev–Trinajstić information content (AvgIpc) is 3.35. The van der Waals surface area contributed by atoms with Gasteiger partial charge in [-0.3, -0.25) is 0 Å². The number of urea groups is 1. The zero-order valence-electron chi connectivity index (χ0n) is 19.5. The number of ether oxygens (including phenoxy) is 3. The summed E-state index contributed by atoms with van der Waals surface area (Å²) in [6.07, 6.45) is 4.57. The summed E-state index contributed by atoms with van der Waals surface area (Å²) in [4.78, 5) is 11.9. The SMILES string of the molecule is Nc1cccc(NC(=O)NCCNCC(O)COc2ccc(OCCOC3CCCC3)cc2)c1. The number of amides is 2. The summed E-state index contributed by atoms with van der Waals surface area (Å²) in [5.74, 6) is 1.42. The van der Waals surface area contributed by atoms with Crippen LogP contribution in [0.5, 0.6) is 11.5 Å². The third-order valence-corrected chi connectivity index (χ3v) is 5.39. The molecule has 1 aliphatic carbocycles. The number of carbonyl (C=O) groups is 1. The number of rotatable bonds is 14. The van der Waals surface area contributed by atoms with Crippen molar-refractivity contribution >= 4 is 17.4 Å². The fourth-order valence-electron chi connectivity index (χ4n) is 3.64. The molecule has 1 unspecified atom stereocenters. The number of hydrogen-bond donors (Lipinski definition) is 5. The van der Waals surface area contributed by atoms with E-state index >= 15 is 0 Å². The zero-order valence-corrected chi connectivity index (χ0v) is 19.5. The molecule has 0 heterocycles. The van der Waals surface area contributed by atoms with Gasteiger partial charge in [-0.2, -0.15) is 0 Å². The van der Waals surface area contributed by atoms with Gasteiger partial charge in [0, 0.05) is 31.0 Å². The first-order valence-corrected chi connectivity index (χ1v) is 11.8. The third-order valence-electron chi connectivity index (χ3n) is 5.39. The van der Waals surface area contributed by atoms with E-state index < -0.39 is 6.10 Å². The van der Waals surface area contributed by atoms with Crippen molar-refractivity contribution in [2.75, 3.05) is 50.5 Å². The standard InChI is InChI=1S/C25H36N4O5/c26-19-4-3-5-20(16-19)29-25(31)28-13-12-27-17-21(30)18-34-24-10-8-23(9-11-24)33-15-14-32-22-6-1-2-7-22/h3-5,8-11,16,21-22,27,30H,1-2,6-7,12-15,17-18,26H2,(H2,28,29,31). The van der Waals surface area contributed by atoms with Gasteiger partial charge in [0.15, 0.2) is 0 Å². The van der Waals surface area contributed by atoms with Crippen LogP contribution in [0.2, 0.25) is 0 Å². The van der Waals surface area contributed by atoms with Gasteiger partial charge in [-0.15, -0.1) is 0 Å². The molecule has 0 aromatic heterocycles. The molecule has 1 aliphatic rings. The minimum Gasteiger partial charge on any atom is -0.491 e. The highest BCUT2D eigenvalue weighted by atomic mass is 16.5. The van der Waals surface area contributed by atoms with E-state index in [9.17, 15) is 9.90 Å². The van der Waals surface area contributed by atoms with Gasteiger partial charge >= 0.3 is 6.03 Å². The molecule has 34 heavy (non-hydrogen) atoms. The van der Waals surface area contributed by atoms with Crippen molar-refractivity contribution in [2.24, 2.45) is 0 Å². The number of benzene rings is 2. The Morgan fingerprint density at radius 1 is 1.03 bits per heavy atom. The lowest BCUT2D eigenvalue weighted by Gasteiger charge is -2.14. The summed E-state index contributed by atoms with van der Waals surface area (Å²) in [6.45, 7) is 2.56. The molecular weight excluding hydrogens is 436 g/mol. The summed E-state index contributed by atoms with van der Waals surface area (Å²) in [5, 5.41) is 18.6. The molecule has 2 aromatic rings. The number of aliphatic hydroxyl groups is 1. The highest BCUT2D eigenvalue weighted by Gasteiger charge is 2.14. The van der Waals surface area contributed by atoms with E-state index in [1.54, 1.807) is 24.3 Å². The van der Waals surface area contributed by atoms with Crippen LogP contribution in [0, 0.1) is 0 Å². The van der Waals surface area contributed by atoms with E-state index in [1.807, 2.05) is 24.3 Å². The highest BCUT2D eigenvalue weighted by Crippen LogP contribution is 2.21. The van der Waals surface area contributed by atoms with E-state index in [0.29, 0.717) is 56.1 Å². The summed E-state index contributed by atoms with van der Waals surface area (Å²) < 4.78 is 17.1. The predicted molar refractivity (Wildman–Crippen MR) is 132 cm³/mol.